The fourth-order valence-corrected chi connectivity index (χ4v) is 3.31. The molecule has 0 atom stereocenters. The summed E-state index contributed by atoms with van der Waals surface area (Å²) >= 11 is 0. The summed E-state index contributed by atoms with van der Waals surface area (Å²) < 4.78 is 12.5. The lowest BCUT2D eigenvalue weighted by Crippen LogP contribution is -2.37. The van der Waals surface area contributed by atoms with E-state index in [4.69, 9.17) is 9.15 Å². The van der Waals surface area contributed by atoms with Crippen LogP contribution in [0.1, 0.15) is 21.9 Å². The van der Waals surface area contributed by atoms with E-state index in [0.717, 1.165) is 5.69 Å². The Balaban J connectivity index is 1.58. The van der Waals surface area contributed by atoms with Crippen LogP contribution in [0.15, 0.2) is 71.5 Å². The van der Waals surface area contributed by atoms with Crippen LogP contribution in [-0.2, 0) is 11.3 Å². The Labute approximate surface area is 179 Å². The van der Waals surface area contributed by atoms with Crippen LogP contribution in [-0.4, -0.2) is 39.8 Å². The lowest BCUT2D eigenvalue weighted by molar-refractivity contribution is -0.117. The highest BCUT2D eigenvalue weighted by atomic mass is 16.5. The molecule has 2 amide bonds. The van der Waals surface area contributed by atoms with Gasteiger partial charge in [0.2, 0.25) is 5.91 Å². The molecule has 0 saturated heterocycles. The van der Waals surface area contributed by atoms with E-state index in [1.807, 2.05) is 35.6 Å². The average Bonchev–Trinajstić information content (AvgIpc) is 3.43. The number of amides is 2. The summed E-state index contributed by atoms with van der Waals surface area (Å²) in [6.07, 6.45) is 3.21. The Morgan fingerprint density at radius 1 is 1.13 bits per heavy atom. The number of rotatable bonds is 7. The molecule has 0 spiro atoms. The Morgan fingerprint density at radius 3 is 2.71 bits per heavy atom. The summed E-state index contributed by atoms with van der Waals surface area (Å²) in [4.78, 5) is 31.9. The molecule has 0 aliphatic carbocycles. The average molecular weight is 418 g/mol. The number of fused-ring (bicyclic) bond motifs is 1. The van der Waals surface area contributed by atoms with E-state index >= 15 is 0 Å². The highest BCUT2D eigenvalue weighted by Gasteiger charge is 2.23. The van der Waals surface area contributed by atoms with Crippen LogP contribution in [0.25, 0.3) is 5.65 Å². The molecule has 0 fully saturated rings. The second-order valence-corrected chi connectivity index (χ2v) is 7.01. The minimum atomic E-state index is -0.366. The molecule has 0 aliphatic rings. The monoisotopic (exact) mass is 418 g/mol. The maximum atomic E-state index is 13.3. The predicted octanol–water partition coefficient (Wildman–Crippen LogP) is 3.53. The Bertz CT molecular complexity index is 1210. The first-order valence-electron chi connectivity index (χ1n) is 9.74. The minimum Gasteiger partial charge on any atom is -0.495 e. The number of aromatic nitrogens is 2. The molecule has 4 aromatic rings. The molecule has 31 heavy (non-hydrogen) atoms. The number of pyridine rings is 1. The number of carbonyl (C=O) groups is 2. The third kappa shape index (κ3) is 4.42. The molecular weight excluding hydrogens is 396 g/mol. The molecule has 0 unspecified atom stereocenters. The third-order valence-corrected chi connectivity index (χ3v) is 4.84. The van der Waals surface area contributed by atoms with Gasteiger partial charge in [0.25, 0.3) is 5.91 Å². The van der Waals surface area contributed by atoms with E-state index in [-0.39, 0.29) is 30.6 Å². The van der Waals surface area contributed by atoms with Crippen LogP contribution in [0, 0.1) is 6.92 Å². The van der Waals surface area contributed by atoms with Crippen LogP contribution < -0.4 is 10.1 Å². The molecule has 1 N–H and O–H groups in total. The second-order valence-electron chi connectivity index (χ2n) is 7.01. The molecule has 4 rings (SSSR count). The summed E-state index contributed by atoms with van der Waals surface area (Å²) in [5.74, 6) is 0.382. The summed E-state index contributed by atoms with van der Waals surface area (Å²) in [5.41, 5.74) is 2.41. The molecular formula is C23H22N4O4. The van der Waals surface area contributed by atoms with Gasteiger partial charge in [0.15, 0.2) is 0 Å². The fraction of sp³-hybridized carbons (Fsp3) is 0.174. The third-order valence-electron chi connectivity index (χ3n) is 4.84. The van der Waals surface area contributed by atoms with Crippen LogP contribution >= 0.6 is 0 Å². The largest absolute Gasteiger partial charge is 0.495 e. The highest BCUT2D eigenvalue weighted by Crippen LogP contribution is 2.23. The van der Waals surface area contributed by atoms with E-state index in [2.05, 4.69) is 10.3 Å². The topological polar surface area (TPSA) is 89.1 Å². The van der Waals surface area contributed by atoms with Crippen molar-refractivity contribution in [2.75, 3.05) is 19.0 Å². The maximum Gasteiger partial charge on any atom is 0.274 e. The number of anilines is 1. The first-order valence-corrected chi connectivity index (χ1v) is 9.74. The number of imidazole rings is 1. The van der Waals surface area contributed by atoms with E-state index in [0.29, 0.717) is 22.8 Å². The van der Waals surface area contributed by atoms with E-state index in [1.165, 1.54) is 18.3 Å². The number of nitrogens with one attached hydrogen (secondary N) is 1. The number of nitrogens with zero attached hydrogens (tertiary/aromatic N) is 3. The van der Waals surface area contributed by atoms with Crippen molar-refractivity contribution >= 4 is 23.1 Å². The number of benzene rings is 1. The van der Waals surface area contributed by atoms with Crippen LogP contribution in [0.5, 0.6) is 5.75 Å². The molecule has 0 bridgehead atoms. The standard InChI is InChI=1S/C23H22N4O4/c1-16-7-5-11-21-24-19(14-27(16)21)23(29)26(13-17-8-6-12-31-17)15-22(28)25-18-9-3-4-10-20(18)30-2/h3-12,14H,13,15H2,1-2H3,(H,25,28). The lowest BCUT2D eigenvalue weighted by atomic mass is 10.3. The molecule has 3 aromatic heterocycles. The zero-order valence-electron chi connectivity index (χ0n) is 17.2. The van der Waals surface area contributed by atoms with Gasteiger partial charge in [-0.1, -0.05) is 18.2 Å². The van der Waals surface area contributed by atoms with Gasteiger partial charge in [-0.25, -0.2) is 4.98 Å². The number of para-hydroxylation sites is 2. The van der Waals surface area contributed by atoms with Crippen LogP contribution in [0.4, 0.5) is 5.69 Å². The summed E-state index contributed by atoms with van der Waals surface area (Å²) in [5, 5.41) is 2.80. The van der Waals surface area contributed by atoms with Crippen molar-refractivity contribution in [1.29, 1.82) is 0 Å². The molecule has 0 saturated carbocycles. The molecule has 0 aliphatic heterocycles. The van der Waals surface area contributed by atoms with Gasteiger partial charge in [0.1, 0.15) is 29.4 Å². The van der Waals surface area contributed by atoms with E-state index < -0.39 is 0 Å². The number of aryl methyl sites for hydroxylation is 1. The molecule has 3 heterocycles. The van der Waals surface area contributed by atoms with Gasteiger partial charge < -0.3 is 23.8 Å². The Kier molecular flexibility index (Phi) is 5.70. The predicted molar refractivity (Wildman–Crippen MR) is 115 cm³/mol. The quantitative estimate of drug-likeness (QED) is 0.496. The zero-order valence-corrected chi connectivity index (χ0v) is 17.2. The summed E-state index contributed by atoms with van der Waals surface area (Å²) in [6, 6.07) is 16.2. The molecule has 1 aromatic carbocycles. The molecule has 8 heteroatoms. The normalized spacial score (nSPS) is 10.8. The fourth-order valence-electron chi connectivity index (χ4n) is 3.31. The number of hydrogen-bond acceptors (Lipinski definition) is 5. The number of methoxy groups -OCH3 is 1. The lowest BCUT2D eigenvalue weighted by Gasteiger charge is -2.20. The molecule has 0 radical (unpaired) electrons. The van der Waals surface area contributed by atoms with Gasteiger partial charge in [-0.2, -0.15) is 0 Å². The van der Waals surface area contributed by atoms with Crippen molar-refractivity contribution in [3.63, 3.8) is 0 Å². The number of hydrogen-bond donors (Lipinski definition) is 1. The van der Waals surface area contributed by atoms with Gasteiger partial charge in [0, 0.05) is 11.9 Å². The van der Waals surface area contributed by atoms with Crippen molar-refractivity contribution < 1.29 is 18.7 Å². The minimum absolute atomic E-state index is 0.137. The van der Waals surface area contributed by atoms with Gasteiger partial charge in [-0.05, 0) is 43.3 Å². The Hall–Kier alpha value is -4.07. The molecule has 158 valence electrons. The first kappa shape index (κ1) is 20.2. The second kappa shape index (κ2) is 8.74. The highest BCUT2D eigenvalue weighted by molar-refractivity contribution is 5.99. The summed E-state index contributed by atoms with van der Waals surface area (Å²) in [7, 11) is 1.53. The Morgan fingerprint density at radius 2 is 1.97 bits per heavy atom. The van der Waals surface area contributed by atoms with Gasteiger partial charge in [-0.15, -0.1) is 0 Å². The zero-order chi connectivity index (χ0) is 21.8. The van der Waals surface area contributed by atoms with Crippen molar-refractivity contribution in [2.24, 2.45) is 0 Å². The van der Waals surface area contributed by atoms with Crippen molar-refractivity contribution in [1.82, 2.24) is 14.3 Å². The van der Waals surface area contributed by atoms with Crippen molar-refractivity contribution in [3.05, 3.63) is 84.2 Å². The van der Waals surface area contributed by atoms with Crippen LogP contribution in [0.2, 0.25) is 0 Å². The van der Waals surface area contributed by atoms with Crippen LogP contribution in [0.3, 0.4) is 0 Å². The summed E-state index contributed by atoms with van der Waals surface area (Å²) in [6.45, 7) is 1.90. The van der Waals surface area contributed by atoms with E-state index in [9.17, 15) is 9.59 Å². The number of ether oxygens (including phenoxy) is 1. The van der Waals surface area contributed by atoms with Crippen molar-refractivity contribution in [2.45, 2.75) is 13.5 Å². The van der Waals surface area contributed by atoms with E-state index in [1.54, 1.807) is 36.5 Å². The number of carbonyl (C=O) groups excluding carboxylic acids is 2. The maximum absolute atomic E-state index is 13.3. The molecule has 8 nitrogen and oxygen atoms in total. The first-order chi connectivity index (χ1) is 15.0. The van der Waals surface area contributed by atoms with Gasteiger partial charge in [-0.3, -0.25) is 9.59 Å². The smallest absolute Gasteiger partial charge is 0.274 e. The SMILES string of the molecule is COc1ccccc1NC(=O)CN(Cc1ccco1)C(=O)c1cn2c(C)cccc2n1. The van der Waals surface area contributed by atoms with Gasteiger partial charge >= 0.3 is 0 Å². The van der Waals surface area contributed by atoms with Gasteiger partial charge in [0.05, 0.1) is 25.6 Å². The van der Waals surface area contributed by atoms with Crippen molar-refractivity contribution in [3.8, 4) is 5.75 Å². The number of furan rings is 1.